The van der Waals surface area contributed by atoms with E-state index in [1.54, 1.807) is 6.92 Å². The van der Waals surface area contributed by atoms with Crippen molar-refractivity contribution >= 4 is 22.5 Å². The molecule has 1 aliphatic rings. The van der Waals surface area contributed by atoms with Gasteiger partial charge in [0, 0.05) is 23.0 Å². The number of fused-ring (bicyclic) bond motifs is 3. The van der Waals surface area contributed by atoms with Crippen LogP contribution in [0.25, 0.3) is 16.6 Å². The van der Waals surface area contributed by atoms with Crippen LogP contribution in [0, 0.1) is 0 Å². The number of hydrogen-bond acceptors (Lipinski definition) is 2. The normalized spacial score (nSPS) is 17.2. The molecule has 1 aromatic heterocycles. The lowest BCUT2D eigenvalue weighted by Gasteiger charge is -2.19. The number of amides is 1. The molecular formula is C14H15N3O. The fourth-order valence-electron chi connectivity index (χ4n) is 2.52. The van der Waals surface area contributed by atoms with Gasteiger partial charge in [-0.15, -0.1) is 0 Å². The first-order valence-corrected chi connectivity index (χ1v) is 6.03. The van der Waals surface area contributed by atoms with E-state index in [-0.39, 0.29) is 5.91 Å². The quantitative estimate of drug-likeness (QED) is 0.663. The fourth-order valence-corrected chi connectivity index (χ4v) is 2.52. The van der Waals surface area contributed by atoms with E-state index in [0.29, 0.717) is 5.57 Å². The van der Waals surface area contributed by atoms with Crippen molar-refractivity contribution in [3.8, 4) is 0 Å². The molecule has 0 fully saturated rings. The van der Waals surface area contributed by atoms with E-state index < -0.39 is 0 Å². The summed E-state index contributed by atoms with van der Waals surface area (Å²) in [4.78, 5) is 14.7. The molecule has 4 heteroatoms. The average Bonchev–Trinajstić information content (AvgIpc) is 2.76. The fraction of sp³-hybridized carbons (Fsp3) is 0.214. The van der Waals surface area contributed by atoms with Crippen molar-refractivity contribution in [2.24, 2.45) is 5.73 Å². The summed E-state index contributed by atoms with van der Waals surface area (Å²) < 4.78 is 0. The first-order valence-electron chi connectivity index (χ1n) is 6.03. The number of para-hydroxylation sites is 1. The Hall–Kier alpha value is -2.23. The van der Waals surface area contributed by atoms with Gasteiger partial charge in [0.2, 0.25) is 5.91 Å². The predicted octanol–water partition coefficient (Wildman–Crippen LogP) is 1.53. The minimum Gasteiger partial charge on any atom is -0.383 e. The van der Waals surface area contributed by atoms with Gasteiger partial charge in [0.15, 0.2) is 0 Å². The monoisotopic (exact) mass is 241 g/mol. The Morgan fingerprint density at radius 2 is 2.11 bits per heavy atom. The van der Waals surface area contributed by atoms with Gasteiger partial charge in [-0.2, -0.15) is 0 Å². The van der Waals surface area contributed by atoms with E-state index in [2.05, 4.69) is 16.4 Å². The SMILES string of the molecule is C/C(C(N)=O)=C1/NCCc2c1[nH]c1ccccc21. The molecule has 92 valence electrons. The van der Waals surface area contributed by atoms with Gasteiger partial charge in [-0.1, -0.05) is 18.2 Å². The Morgan fingerprint density at radius 3 is 2.89 bits per heavy atom. The van der Waals surface area contributed by atoms with Gasteiger partial charge in [-0.3, -0.25) is 4.79 Å². The van der Waals surface area contributed by atoms with Gasteiger partial charge in [-0.25, -0.2) is 0 Å². The maximum Gasteiger partial charge on any atom is 0.246 e. The molecule has 0 radical (unpaired) electrons. The molecule has 0 bridgehead atoms. The van der Waals surface area contributed by atoms with Gasteiger partial charge in [0.05, 0.1) is 11.4 Å². The van der Waals surface area contributed by atoms with Crippen molar-refractivity contribution in [2.75, 3.05) is 6.54 Å². The molecule has 3 rings (SSSR count). The molecule has 1 amide bonds. The van der Waals surface area contributed by atoms with E-state index >= 15 is 0 Å². The highest BCUT2D eigenvalue weighted by atomic mass is 16.1. The van der Waals surface area contributed by atoms with Gasteiger partial charge < -0.3 is 16.0 Å². The smallest absolute Gasteiger partial charge is 0.246 e. The summed E-state index contributed by atoms with van der Waals surface area (Å²) >= 11 is 0. The molecule has 2 heterocycles. The number of aromatic amines is 1. The summed E-state index contributed by atoms with van der Waals surface area (Å²) in [6, 6.07) is 8.18. The zero-order valence-corrected chi connectivity index (χ0v) is 10.2. The standard InChI is InChI=1S/C14H15N3O/c1-8(14(15)18)12-13-10(6-7-16-12)9-4-2-3-5-11(9)17-13/h2-5,16-17H,6-7H2,1H3,(H2,15,18)/b12-8-. The van der Waals surface area contributed by atoms with E-state index in [1.165, 1.54) is 10.9 Å². The van der Waals surface area contributed by atoms with Crippen LogP contribution in [0.4, 0.5) is 0 Å². The molecule has 0 saturated carbocycles. The molecule has 0 aliphatic carbocycles. The van der Waals surface area contributed by atoms with Crippen LogP contribution in [0.1, 0.15) is 18.2 Å². The number of nitrogens with one attached hydrogen (secondary N) is 2. The van der Waals surface area contributed by atoms with Crippen LogP contribution in [0.5, 0.6) is 0 Å². The second kappa shape index (κ2) is 3.91. The molecule has 1 aromatic carbocycles. The molecule has 2 aromatic rings. The highest BCUT2D eigenvalue weighted by Gasteiger charge is 2.21. The van der Waals surface area contributed by atoms with E-state index in [4.69, 9.17) is 5.73 Å². The van der Waals surface area contributed by atoms with E-state index in [9.17, 15) is 4.79 Å². The Kier molecular flexibility index (Phi) is 2.37. The van der Waals surface area contributed by atoms with Crippen molar-refractivity contribution < 1.29 is 4.79 Å². The number of aromatic nitrogens is 1. The maximum absolute atomic E-state index is 11.3. The number of hydrogen-bond donors (Lipinski definition) is 3. The Morgan fingerprint density at radius 1 is 1.33 bits per heavy atom. The largest absolute Gasteiger partial charge is 0.383 e. The zero-order chi connectivity index (χ0) is 12.7. The Balaban J connectivity index is 2.29. The van der Waals surface area contributed by atoms with Gasteiger partial charge in [-0.05, 0) is 25.0 Å². The number of nitrogens with two attached hydrogens (primary N) is 1. The Bertz CT molecular complexity index is 667. The molecule has 4 N–H and O–H groups in total. The molecule has 0 saturated heterocycles. The van der Waals surface area contributed by atoms with Crippen LogP contribution in [0.15, 0.2) is 29.8 Å². The van der Waals surface area contributed by atoms with Crippen molar-refractivity contribution in [1.82, 2.24) is 10.3 Å². The lowest BCUT2D eigenvalue weighted by Crippen LogP contribution is -2.26. The second-order valence-corrected chi connectivity index (χ2v) is 4.57. The topological polar surface area (TPSA) is 70.9 Å². The summed E-state index contributed by atoms with van der Waals surface area (Å²) in [5.41, 5.74) is 10.1. The first-order chi connectivity index (χ1) is 8.68. The summed E-state index contributed by atoms with van der Waals surface area (Å²) in [6.07, 6.45) is 0.953. The minimum absolute atomic E-state index is 0.385. The van der Waals surface area contributed by atoms with Crippen LogP contribution < -0.4 is 11.1 Å². The summed E-state index contributed by atoms with van der Waals surface area (Å²) in [6.45, 7) is 2.58. The van der Waals surface area contributed by atoms with Crippen molar-refractivity contribution in [3.63, 3.8) is 0 Å². The summed E-state index contributed by atoms with van der Waals surface area (Å²) in [7, 11) is 0. The van der Waals surface area contributed by atoms with Crippen LogP contribution in [0.3, 0.4) is 0 Å². The number of carbonyl (C=O) groups is 1. The molecule has 0 unspecified atom stereocenters. The van der Waals surface area contributed by atoms with Crippen molar-refractivity contribution in [2.45, 2.75) is 13.3 Å². The second-order valence-electron chi connectivity index (χ2n) is 4.57. The van der Waals surface area contributed by atoms with Crippen molar-refractivity contribution in [3.05, 3.63) is 41.1 Å². The zero-order valence-electron chi connectivity index (χ0n) is 10.2. The van der Waals surface area contributed by atoms with Crippen LogP contribution >= 0.6 is 0 Å². The number of rotatable bonds is 1. The number of H-pyrrole nitrogens is 1. The molecule has 4 nitrogen and oxygen atoms in total. The molecule has 1 aliphatic heterocycles. The van der Waals surface area contributed by atoms with Crippen molar-refractivity contribution in [1.29, 1.82) is 0 Å². The number of primary amides is 1. The summed E-state index contributed by atoms with van der Waals surface area (Å²) in [5, 5.41) is 4.49. The molecular weight excluding hydrogens is 226 g/mol. The van der Waals surface area contributed by atoms with Crippen LogP contribution in [-0.4, -0.2) is 17.4 Å². The molecule has 0 spiro atoms. The highest BCUT2D eigenvalue weighted by Crippen LogP contribution is 2.30. The highest BCUT2D eigenvalue weighted by molar-refractivity contribution is 6.01. The van der Waals surface area contributed by atoms with Gasteiger partial charge >= 0.3 is 0 Å². The number of carbonyl (C=O) groups excluding carboxylic acids is 1. The van der Waals surface area contributed by atoms with E-state index in [1.807, 2.05) is 18.2 Å². The third-order valence-corrected chi connectivity index (χ3v) is 3.49. The van der Waals surface area contributed by atoms with Crippen LogP contribution in [-0.2, 0) is 11.2 Å². The third-order valence-electron chi connectivity index (χ3n) is 3.49. The molecule has 0 atom stereocenters. The van der Waals surface area contributed by atoms with Gasteiger partial charge in [0.1, 0.15) is 0 Å². The first kappa shape index (κ1) is 10.9. The van der Waals surface area contributed by atoms with E-state index in [0.717, 1.165) is 29.9 Å². The molecule has 18 heavy (non-hydrogen) atoms. The minimum atomic E-state index is -0.385. The van der Waals surface area contributed by atoms with Crippen LogP contribution in [0.2, 0.25) is 0 Å². The maximum atomic E-state index is 11.3. The average molecular weight is 241 g/mol. The Labute approximate surface area is 105 Å². The predicted molar refractivity (Wildman–Crippen MR) is 71.8 cm³/mol. The van der Waals surface area contributed by atoms with Gasteiger partial charge in [0.25, 0.3) is 0 Å². The lowest BCUT2D eigenvalue weighted by molar-refractivity contribution is -0.114. The summed E-state index contributed by atoms with van der Waals surface area (Å²) in [5.74, 6) is -0.385. The third kappa shape index (κ3) is 1.49. The number of benzene rings is 1. The lowest BCUT2D eigenvalue weighted by atomic mass is 10.00.